The molecule has 5 fully saturated rings. The van der Waals surface area contributed by atoms with Crippen molar-refractivity contribution in [3.8, 4) is 0 Å². The maximum Gasteiger partial charge on any atom is 0.267 e. The fraction of sp³-hybridized carbons (Fsp3) is 1.00. The standard InChI is InChI=1S/C36H65NO3S/c1-7-8-9-10-22-41(38,39)40-30-24-37(25-30)29-18-20-35(5)28(23-29)14-15-31-33-17-16-32(27(4)13-11-12-26(2)3)36(33,6)21-19-34(31)35/h26-34H,7-25H2,1-6H3/t27-,28?,29?,31+,32-,33+,34+,35+,36-/m1/s1. The molecule has 5 rings (SSSR count). The van der Waals surface area contributed by atoms with Gasteiger partial charge in [0.2, 0.25) is 0 Å². The van der Waals surface area contributed by atoms with E-state index in [1.165, 1.54) is 77.0 Å². The summed E-state index contributed by atoms with van der Waals surface area (Å²) in [5, 5.41) is 0. The summed E-state index contributed by atoms with van der Waals surface area (Å²) in [5.74, 6) is 6.57. The van der Waals surface area contributed by atoms with Gasteiger partial charge in [0.1, 0.15) is 6.10 Å². The first-order chi connectivity index (χ1) is 19.5. The summed E-state index contributed by atoms with van der Waals surface area (Å²) in [6.45, 7) is 16.5. The first-order valence-electron chi connectivity index (χ1n) is 18.1. The number of hydrogen-bond donors (Lipinski definition) is 0. The Labute approximate surface area is 254 Å². The van der Waals surface area contributed by atoms with Gasteiger partial charge in [-0.15, -0.1) is 0 Å². The highest BCUT2D eigenvalue weighted by atomic mass is 32.2. The molecule has 9 atom stereocenters. The molecule has 0 aromatic heterocycles. The van der Waals surface area contributed by atoms with Gasteiger partial charge in [-0.1, -0.05) is 80.1 Å². The maximum atomic E-state index is 12.4. The Kier molecular flexibility index (Phi) is 10.3. The van der Waals surface area contributed by atoms with Gasteiger partial charge in [-0.2, -0.15) is 8.42 Å². The van der Waals surface area contributed by atoms with E-state index in [-0.39, 0.29) is 11.9 Å². The van der Waals surface area contributed by atoms with Crippen molar-refractivity contribution in [2.45, 2.75) is 156 Å². The summed E-state index contributed by atoms with van der Waals surface area (Å²) in [4.78, 5) is 2.56. The molecular weight excluding hydrogens is 526 g/mol. The van der Waals surface area contributed by atoms with Gasteiger partial charge in [0.15, 0.2) is 0 Å². The molecule has 0 radical (unpaired) electrons. The molecule has 1 heterocycles. The highest BCUT2D eigenvalue weighted by Crippen LogP contribution is 2.68. The van der Waals surface area contributed by atoms with E-state index in [1.54, 1.807) is 0 Å². The zero-order chi connectivity index (χ0) is 29.4. The van der Waals surface area contributed by atoms with Crippen molar-refractivity contribution < 1.29 is 12.6 Å². The van der Waals surface area contributed by atoms with Gasteiger partial charge in [-0.25, -0.2) is 0 Å². The second-order valence-corrected chi connectivity index (χ2v) is 18.3. The maximum absolute atomic E-state index is 12.4. The zero-order valence-electron chi connectivity index (χ0n) is 27.7. The van der Waals surface area contributed by atoms with Crippen LogP contribution < -0.4 is 0 Å². The largest absolute Gasteiger partial charge is 0.295 e. The van der Waals surface area contributed by atoms with Gasteiger partial charge in [-0.3, -0.25) is 9.08 Å². The lowest BCUT2D eigenvalue weighted by Crippen LogP contribution is -2.61. The Balaban J connectivity index is 1.12. The van der Waals surface area contributed by atoms with Gasteiger partial charge in [0.25, 0.3) is 10.1 Å². The van der Waals surface area contributed by atoms with Crippen molar-refractivity contribution in [3.63, 3.8) is 0 Å². The second-order valence-electron chi connectivity index (χ2n) is 16.6. The van der Waals surface area contributed by atoms with Crippen LogP contribution in [0.4, 0.5) is 0 Å². The Morgan fingerprint density at radius 1 is 0.829 bits per heavy atom. The van der Waals surface area contributed by atoms with Crippen LogP contribution in [0.1, 0.15) is 144 Å². The van der Waals surface area contributed by atoms with E-state index >= 15 is 0 Å². The monoisotopic (exact) mass is 591 g/mol. The minimum atomic E-state index is -3.38. The molecule has 2 unspecified atom stereocenters. The van der Waals surface area contributed by atoms with Gasteiger partial charge in [0.05, 0.1) is 5.75 Å². The molecule has 0 amide bonds. The van der Waals surface area contributed by atoms with Gasteiger partial charge < -0.3 is 0 Å². The predicted octanol–water partition coefficient (Wildman–Crippen LogP) is 9.09. The molecule has 238 valence electrons. The van der Waals surface area contributed by atoms with Crippen molar-refractivity contribution in [2.75, 3.05) is 18.8 Å². The summed E-state index contributed by atoms with van der Waals surface area (Å²) in [7, 11) is -3.38. The normalized spacial score (nSPS) is 40.6. The smallest absolute Gasteiger partial charge is 0.267 e. The van der Waals surface area contributed by atoms with E-state index in [9.17, 15) is 8.42 Å². The molecule has 0 N–H and O–H groups in total. The average Bonchev–Trinajstić information content (AvgIpc) is 3.25. The summed E-state index contributed by atoms with van der Waals surface area (Å²) in [6.07, 6.45) is 20.9. The van der Waals surface area contributed by atoms with Crippen molar-refractivity contribution in [3.05, 3.63) is 0 Å². The molecule has 0 bridgehead atoms. The minimum absolute atomic E-state index is 0.116. The van der Waals surface area contributed by atoms with E-state index in [4.69, 9.17) is 4.18 Å². The lowest BCUT2D eigenvalue weighted by molar-refractivity contribution is -0.132. The van der Waals surface area contributed by atoms with Crippen LogP contribution in [0.2, 0.25) is 0 Å². The molecule has 5 aliphatic rings. The van der Waals surface area contributed by atoms with E-state index in [1.807, 2.05) is 0 Å². The summed E-state index contributed by atoms with van der Waals surface area (Å²) in [5.41, 5.74) is 1.10. The molecule has 0 aromatic carbocycles. The second kappa shape index (κ2) is 13.1. The molecule has 0 spiro atoms. The fourth-order valence-electron chi connectivity index (χ4n) is 11.4. The van der Waals surface area contributed by atoms with Crippen LogP contribution in [0.5, 0.6) is 0 Å². The Hall–Kier alpha value is -0.130. The molecule has 1 saturated heterocycles. The summed E-state index contributed by atoms with van der Waals surface area (Å²) >= 11 is 0. The van der Waals surface area contributed by atoms with E-state index < -0.39 is 10.1 Å². The molecule has 4 aliphatic carbocycles. The quantitative estimate of drug-likeness (QED) is 0.158. The Bertz CT molecular complexity index is 960. The SMILES string of the molecule is CCCCCCS(=O)(=O)OC1CN(C2CC[C@@]3(C)C(CC[C@H]4[C@@H]5CC[C@H]([C@H](C)CCCC(C)C)[C@@]5(C)CC[C@@H]43)C2)C1. The highest BCUT2D eigenvalue weighted by Gasteiger charge is 2.61. The van der Waals surface area contributed by atoms with E-state index in [2.05, 4.69) is 46.4 Å². The number of rotatable bonds is 13. The molecule has 0 aromatic rings. The summed E-state index contributed by atoms with van der Waals surface area (Å²) in [6, 6.07) is 0.633. The van der Waals surface area contributed by atoms with Gasteiger partial charge in [-0.05, 0) is 116 Å². The summed E-state index contributed by atoms with van der Waals surface area (Å²) < 4.78 is 30.5. The lowest BCUT2D eigenvalue weighted by Gasteiger charge is -2.62. The Morgan fingerprint density at radius 3 is 2.29 bits per heavy atom. The number of hydrogen-bond acceptors (Lipinski definition) is 4. The lowest BCUT2D eigenvalue weighted by atomic mass is 9.44. The number of unbranched alkanes of at least 4 members (excludes halogenated alkanes) is 3. The number of fused-ring (bicyclic) bond motifs is 5. The molecule has 5 heteroatoms. The molecule has 1 aliphatic heterocycles. The van der Waals surface area contributed by atoms with Crippen molar-refractivity contribution in [1.29, 1.82) is 0 Å². The van der Waals surface area contributed by atoms with Crippen LogP contribution in [0, 0.1) is 52.3 Å². The van der Waals surface area contributed by atoms with Crippen LogP contribution in [0.15, 0.2) is 0 Å². The number of nitrogens with zero attached hydrogens (tertiary/aromatic N) is 1. The van der Waals surface area contributed by atoms with Crippen molar-refractivity contribution in [1.82, 2.24) is 4.90 Å². The zero-order valence-corrected chi connectivity index (χ0v) is 28.5. The molecule has 4 nitrogen and oxygen atoms in total. The first-order valence-corrected chi connectivity index (χ1v) is 19.7. The molecule has 41 heavy (non-hydrogen) atoms. The van der Waals surface area contributed by atoms with E-state index in [0.717, 1.165) is 80.2 Å². The van der Waals surface area contributed by atoms with Crippen LogP contribution in [0.3, 0.4) is 0 Å². The third-order valence-electron chi connectivity index (χ3n) is 13.8. The average molecular weight is 592 g/mol. The highest BCUT2D eigenvalue weighted by molar-refractivity contribution is 7.86. The molecular formula is C36H65NO3S. The van der Waals surface area contributed by atoms with Crippen molar-refractivity contribution >= 4 is 10.1 Å². The number of likely N-dealkylation sites (tertiary alicyclic amines) is 1. The van der Waals surface area contributed by atoms with E-state index in [0.29, 0.717) is 16.9 Å². The Morgan fingerprint density at radius 2 is 1.56 bits per heavy atom. The molecule has 4 saturated carbocycles. The van der Waals surface area contributed by atoms with Gasteiger partial charge in [0, 0.05) is 19.1 Å². The van der Waals surface area contributed by atoms with Crippen LogP contribution in [-0.2, 0) is 14.3 Å². The predicted molar refractivity (Wildman–Crippen MR) is 171 cm³/mol. The van der Waals surface area contributed by atoms with Crippen LogP contribution in [0.25, 0.3) is 0 Å². The first kappa shape index (κ1) is 32.3. The van der Waals surface area contributed by atoms with Crippen molar-refractivity contribution in [2.24, 2.45) is 52.3 Å². The topological polar surface area (TPSA) is 46.6 Å². The van der Waals surface area contributed by atoms with Crippen LogP contribution in [-0.4, -0.2) is 44.3 Å². The third-order valence-corrected chi connectivity index (χ3v) is 15.1. The van der Waals surface area contributed by atoms with Gasteiger partial charge >= 0.3 is 0 Å². The third kappa shape index (κ3) is 6.77. The minimum Gasteiger partial charge on any atom is -0.295 e. The fourth-order valence-corrected chi connectivity index (χ4v) is 12.6. The van der Waals surface area contributed by atoms with Crippen LogP contribution >= 0.6 is 0 Å².